The van der Waals surface area contributed by atoms with Crippen molar-refractivity contribution in [2.24, 2.45) is 0 Å². The molecule has 0 aromatic heterocycles. The quantitative estimate of drug-likeness (QED) is 0.510. The molecule has 3 aromatic carbocycles. The molecule has 0 atom stereocenters. The average molecular weight is 328 g/mol. The van der Waals surface area contributed by atoms with Crippen LogP contribution in [0.2, 0.25) is 0 Å². The van der Waals surface area contributed by atoms with Crippen LogP contribution in [-0.4, -0.2) is 0 Å². The highest BCUT2D eigenvalue weighted by molar-refractivity contribution is 5.63. The molecule has 0 bridgehead atoms. The van der Waals surface area contributed by atoms with E-state index >= 15 is 0 Å². The van der Waals surface area contributed by atoms with Gasteiger partial charge in [0, 0.05) is 0 Å². The third-order valence-electron chi connectivity index (χ3n) is 3.66. The summed E-state index contributed by atoms with van der Waals surface area (Å²) in [4.78, 5) is 0. The number of hydrogen-bond acceptors (Lipinski definition) is 1. The predicted octanol–water partition coefficient (Wildman–Crippen LogP) is 6.38. The summed E-state index contributed by atoms with van der Waals surface area (Å²) in [5.74, 6) is 0. The minimum atomic E-state index is 0.676. The Bertz CT molecular complexity index is 694. The van der Waals surface area contributed by atoms with E-state index in [4.69, 9.17) is 4.74 Å². The van der Waals surface area contributed by atoms with Crippen molar-refractivity contribution in [3.05, 3.63) is 120 Å². The van der Waals surface area contributed by atoms with Gasteiger partial charge in [-0.05, 0) is 22.3 Å². The van der Waals surface area contributed by atoms with E-state index < -0.39 is 0 Å². The maximum Gasteiger partial charge on any atom is 0.0721 e. The lowest BCUT2D eigenvalue weighted by Crippen LogP contribution is -1.93. The van der Waals surface area contributed by atoms with Crippen molar-refractivity contribution in [1.82, 2.24) is 0 Å². The van der Waals surface area contributed by atoms with Crippen molar-refractivity contribution in [3.63, 3.8) is 0 Å². The summed E-state index contributed by atoms with van der Waals surface area (Å²) < 4.78 is 5.61. The van der Waals surface area contributed by atoms with Crippen LogP contribution in [0.4, 0.5) is 0 Å². The molecule has 3 aromatic rings. The fourth-order valence-electron chi connectivity index (χ4n) is 2.32. The van der Waals surface area contributed by atoms with Crippen LogP contribution in [0, 0.1) is 0 Å². The first-order valence-corrected chi connectivity index (χ1v) is 8.33. The Labute approximate surface area is 150 Å². The SMILES string of the molecule is C=Cc1ccccc1C=C.c1ccc(COCc2ccccc2)cc1. The zero-order valence-corrected chi connectivity index (χ0v) is 14.5. The van der Waals surface area contributed by atoms with Gasteiger partial charge >= 0.3 is 0 Å². The minimum Gasteiger partial charge on any atom is -0.372 e. The number of ether oxygens (including phenoxy) is 1. The molecule has 25 heavy (non-hydrogen) atoms. The summed E-state index contributed by atoms with van der Waals surface area (Å²) in [7, 11) is 0. The Morgan fingerprint density at radius 2 is 0.920 bits per heavy atom. The molecule has 1 nitrogen and oxygen atoms in total. The molecule has 0 spiro atoms. The van der Waals surface area contributed by atoms with Gasteiger partial charge in [0.1, 0.15) is 0 Å². The van der Waals surface area contributed by atoms with E-state index in [1.807, 2.05) is 72.8 Å². The third-order valence-corrected chi connectivity index (χ3v) is 3.66. The molecule has 0 saturated heterocycles. The average Bonchev–Trinajstić information content (AvgIpc) is 2.70. The molecular weight excluding hydrogens is 304 g/mol. The van der Waals surface area contributed by atoms with Gasteiger partial charge in [0.15, 0.2) is 0 Å². The summed E-state index contributed by atoms with van der Waals surface area (Å²) >= 11 is 0. The van der Waals surface area contributed by atoms with Crippen LogP contribution in [0.1, 0.15) is 22.3 Å². The van der Waals surface area contributed by atoms with E-state index in [0.717, 1.165) is 11.1 Å². The van der Waals surface area contributed by atoms with Crippen LogP contribution in [0.5, 0.6) is 0 Å². The van der Waals surface area contributed by atoms with Crippen LogP contribution >= 0.6 is 0 Å². The topological polar surface area (TPSA) is 9.23 Å². The fourth-order valence-corrected chi connectivity index (χ4v) is 2.32. The van der Waals surface area contributed by atoms with E-state index in [9.17, 15) is 0 Å². The van der Waals surface area contributed by atoms with Gasteiger partial charge in [0.05, 0.1) is 13.2 Å². The largest absolute Gasteiger partial charge is 0.372 e. The fraction of sp³-hybridized carbons (Fsp3) is 0.0833. The Hall–Kier alpha value is -2.90. The van der Waals surface area contributed by atoms with Crippen molar-refractivity contribution in [3.8, 4) is 0 Å². The standard InChI is InChI=1S/C14H14O.C10H10/c1-3-7-13(8-4-1)11-15-12-14-9-5-2-6-10-14;1-3-9-7-5-6-8-10(9)4-2/h1-10H,11-12H2;3-8H,1-2H2. The molecule has 126 valence electrons. The second-order valence-electron chi connectivity index (χ2n) is 5.50. The van der Waals surface area contributed by atoms with Gasteiger partial charge in [-0.1, -0.05) is 110 Å². The van der Waals surface area contributed by atoms with Crippen LogP contribution in [0.25, 0.3) is 12.2 Å². The van der Waals surface area contributed by atoms with Crippen LogP contribution in [-0.2, 0) is 18.0 Å². The summed E-state index contributed by atoms with van der Waals surface area (Å²) in [6, 6.07) is 28.5. The second kappa shape index (κ2) is 10.8. The molecule has 0 unspecified atom stereocenters. The third kappa shape index (κ3) is 6.62. The molecule has 0 aliphatic carbocycles. The van der Waals surface area contributed by atoms with Gasteiger partial charge in [-0.25, -0.2) is 0 Å². The van der Waals surface area contributed by atoms with Crippen molar-refractivity contribution in [2.45, 2.75) is 13.2 Å². The zero-order valence-electron chi connectivity index (χ0n) is 14.5. The Balaban J connectivity index is 0.000000196. The lowest BCUT2D eigenvalue weighted by atomic mass is 10.1. The first-order valence-electron chi connectivity index (χ1n) is 8.33. The monoisotopic (exact) mass is 328 g/mol. The Kier molecular flexibility index (Phi) is 7.96. The summed E-state index contributed by atoms with van der Waals surface area (Å²) in [6.45, 7) is 8.74. The molecule has 0 N–H and O–H groups in total. The Morgan fingerprint density at radius 3 is 1.28 bits per heavy atom. The lowest BCUT2D eigenvalue weighted by Gasteiger charge is -2.03. The molecule has 0 radical (unpaired) electrons. The highest BCUT2D eigenvalue weighted by atomic mass is 16.5. The van der Waals surface area contributed by atoms with Gasteiger partial charge in [0.25, 0.3) is 0 Å². The molecule has 0 saturated carbocycles. The first-order chi connectivity index (χ1) is 12.3. The van der Waals surface area contributed by atoms with Gasteiger partial charge in [-0.15, -0.1) is 0 Å². The Morgan fingerprint density at radius 1 is 0.560 bits per heavy atom. The second-order valence-corrected chi connectivity index (χ2v) is 5.50. The smallest absolute Gasteiger partial charge is 0.0721 e. The van der Waals surface area contributed by atoms with Crippen LogP contribution < -0.4 is 0 Å². The van der Waals surface area contributed by atoms with Crippen LogP contribution in [0.15, 0.2) is 98.1 Å². The van der Waals surface area contributed by atoms with Crippen LogP contribution in [0.3, 0.4) is 0 Å². The summed E-state index contributed by atoms with van der Waals surface area (Å²) in [6.07, 6.45) is 3.66. The predicted molar refractivity (Wildman–Crippen MR) is 108 cm³/mol. The van der Waals surface area contributed by atoms with E-state index in [1.54, 1.807) is 0 Å². The number of rotatable bonds is 6. The van der Waals surface area contributed by atoms with Gasteiger partial charge < -0.3 is 4.74 Å². The first kappa shape index (κ1) is 18.4. The zero-order chi connectivity index (χ0) is 17.7. The van der Waals surface area contributed by atoms with Gasteiger partial charge in [-0.3, -0.25) is 0 Å². The normalized spacial score (nSPS) is 9.60. The minimum absolute atomic E-state index is 0.676. The number of hydrogen-bond donors (Lipinski definition) is 0. The lowest BCUT2D eigenvalue weighted by molar-refractivity contribution is 0.107. The number of benzene rings is 3. The molecule has 0 amide bonds. The molecule has 0 fully saturated rings. The van der Waals surface area contributed by atoms with E-state index in [-0.39, 0.29) is 0 Å². The van der Waals surface area contributed by atoms with E-state index in [0.29, 0.717) is 13.2 Å². The van der Waals surface area contributed by atoms with Crippen molar-refractivity contribution in [2.75, 3.05) is 0 Å². The summed E-state index contributed by atoms with van der Waals surface area (Å²) in [5, 5.41) is 0. The van der Waals surface area contributed by atoms with Gasteiger partial charge in [0.2, 0.25) is 0 Å². The molecule has 0 heterocycles. The molecular formula is C24H24O. The highest BCUT2D eigenvalue weighted by Crippen LogP contribution is 2.10. The summed E-state index contributed by atoms with van der Waals surface area (Å²) in [5.41, 5.74) is 4.71. The molecule has 0 aliphatic rings. The maximum absolute atomic E-state index is 5.61. The van der Waals surface area contributed by atoms with Crippen molar-refractivity contribution < 1.29 is 4.74 Å². The molecule has 3 rings (SSSR count). The molecule has 1 heteroatoms. The van der Waals surface area contributed by atoms with Gasteiger partial charge in [-0.2, -0.15) is 0 Å². The molecule has 0 aliphatic heterocycles. The van der Waals surface area contributed by atoms with Crippen molar-refractivity contribution in [1.29, 1.82) is 0 Å². The highest BCUT2D eigenvalue weighted by Gasteiger charge is 1.93. The maximum atomic E-state index is 5.61. The van der Waals surface area contributed by atoms with E-state index in [1.165, 1.54) is 11.1 Å². The van der Waals surface area contributed by atoms with E-state index in [2.05, 4.69) is 37.4 Å². The van der Waals surface area contributed by atoms with Crippen molar-refractivity contribution >= 4 is 12.2 Å².